The summed E-state index contributed by atoms with van der Waals surface area (Å²) in [7, 11) is 0. The average Bonchev–Trinajstić information content (AvgIpc) is 3.07. The van der Waals surface area contributed by atoms with Gasteiger partial charge < -0.3 is 0 Å². The summed E-state index contributed by atoms with van der Waals surface area (Å²) < 4.78 is 0. The normalized spacial score (nSPS) is 25.0. The Morgan fingerprint density at radius 3 is 1.58 bits per heavy atom. The number of aryl methyl sites for hydroxylation is 1. The van der Waals surface area contributed by atoms with Crippen LogP contribution in [0.4, 0.5) is 5.69 Å². The van der Waals surface area contributed by atoms with E-state index in [2.05, 4.69) is 12.2 Å². The topological polar surface area (TPSA) is 37.4 Å². The Balaban J connectivity index is 1.65. The first-order valence-electron chi connectivity index (χ1n) is 10.8. The lowest BCUT2D eigenvalue weighted by molar-refractivity contribution is -0.122. The third-order valence-electron chi connectivity index (χ3n) is 6.88. The number of allylic oxidation sites excluding steroid dienone is 2. The second-order valence-electron chi connectivity index (χ2n) is 8.54. The first-order valence-corrected chi connectivity index (χ1v) is 10.8. The maximum absolute atomic E-state index is 13.8. The molecule has 1 aliphatic heterocycles. The average molecular weight is 408 g/mol. The molecule has 0 radical (unpaired) electrons. The Kier molecular flexibility index (Phi) is 4.82. The minimum Gasteiger partial charge on any atom is -0.274 e. The van der Waals surface area contributed by atoms with Gasteiger partial charge in [-0.05, 0) is 42.2 Å². The van der Waals surface area contributed by atoms with E-state index in [9.17, 15) is 9.59 Å². The van der Waals surface area contributed by atoms with Crippen molar-refractivity contribution >= 4 is 17.5 Å². The molecule has 0 bridgehead atoms. The highest BCUT2D eigenvalue weighted by Gasteiger charge is 2.55. The second kappa shape index (κ2) is 7.66. The van der Waals surface area contributed by atoms with E-state index in [1.165, 1.54) is 4.90 Å². The maximum atomic E-state index is 13.8. The van der Waals surface area contributed by atoms with Gasteiger partial charge in [0.15, 0.2) is 0 Å². The molecule has 3 nitrogen and oxygen atoms in total. The molecule has 31 heavy (non-hydrogen) atoms. The molecule has 5 rings (SSSR count). The fraction of sp³-hybridized carbons (Fsp3) is 0.214. The second-order valence-corrected chi connectivity index (χ2v) is 8.54. The van der Waals surface area contributed by atoms with E-state index in [4.69, 9.17) is 0 Å². The number of hydrogen-bond acceptors (Lipinski definition) is 2. The van der Waals surface area contributed by atoms with Crippen LogP contribution in [0.5, 0.6) is 0 Å². The SMILES string of the molecule is Cc1cccc(N2C(=O)[C@@H]3[C@@H](C2=O)[C@@H](c2ccccc2)C=C[C@@H]3c2ccccc2)c1C. The van der Waals surface area contributed by atoms with Crippen molar-refractivity contribution in [2.24, 2.45) is 11.8 Å². The number of anilines is 1. The van der Waals surface area contributed by atoms with Crippen molar-refractivity contribution in [3.8, 4) is 0 Å². The van der Waals surface area contributed by atoms with E-state index in [1.54, 1.807) is 0 Å². The van der Waals surface area contributed by atoms with Crippen LogP contribution in [-0.4, -0.2) is 11.8 Å². The molecule has 3 heteroatoms. The Bertz CT molecular complexity index is 1100. The van der Waals surface area contributed by atoms with Crippen molar-refractivity contribution in [3.63, 3.8) is 0 Å². The van der Waals surface area contributed by atoms with Crippen molar-refractivity contribution in [2.75, 3.05) is 4.90 Å². The van der Waals surface area contributed by atoms with Crippen LogP contribution in [0.2, 0.25) is 0 Å². The molecule has 1 heterocycles. The quantitative estimate of drug-likeness (QED) is 0.422. The van der Waals surface area contributed by atoms with Crippen LogP contribution in [-0.2, 0) is 9.59 Å². The summed E-state index contributed by atoms with van der Waals surface area (Å²) in [5.41, 5.74) is 4.91. The van der Waals surface area contributed by atoms with E-state index in [-0.39, 0.29) is 23.7 Å². The highest BCUT2D eigenvalue weighted by atomic mass is 16.2. The van der Waals surface area contributed by atoms with Gasteiger partial charge in [-0.25, -0.2) is 4.90 Å². The smallest absolute Gasteiger partial charge is 0.238 e. The highest BCUT2D eigenvalue weighted by Crippen LogP contribution is 2.50. The summed E-state index contributed by atoms with van der Waals surface area (Å²) in [6.07, 6.45) is 4.26. The molecule has 0 aromatic heterocycles. The number of rotatable bonds is 3. The maximum Gasteiger partial charge on any atom is 0.238 e. The van der Waals surface area contributed by atoms with Gasteiger partial charge >= 0.3 is 0 Å². The fourth-order valence-corrected chi connectivity index (χ4v) is 5.15. The summed E-state index contributed by atoms with van der Waals surface area (Å²) in [6, 6.07) is 25.9. The van der Waals surface area contributed by atoms with Crippen molar-refractivity contribution in [2.45, 2.75) is 25.7 Å². The van der Waals surface area contributed by atoms with E-state index in [1.807, 2.05) is 92.7 Å². The summed E-state index contributed by atoms with van der Waals surface area (Å²) in [4.78, 5) is 29.1. The Morgan fingerprint density at radius 1 is 0.613 bits per heavy atom. The standard InChI is InChI=1S/C28H25NO2/c1-18-10-9-15-24(19(18)2)29-27(30)25-22(20-11-5-3-6-12-20)16-17-23(26(25)28(29)31)21-13-7-4-8-14-21/h3-17,22-23,25-26H,1-2H3/t22-,23-,25+,26+/m1/s1. The lowest BCUT2D eigenvalue weighted by Crippen LogP contribution is -2.32. The summed E-state index contributed by atoms with van der Waals surface area (Å²) in [6.45, 7) is 3.99. The largest absolute Gasteiger partial charge is 0.274 e. The number of hydrogen-bond donors (Lipinski definition) is 0. The van der Waals surface area contributed by atoms with Crippen molar-refractivity contribution in [1.82, 2.24) is 0 Å². The summed E-state index contributed by atoms with van der Waals surface area (Å²) in [5, 5.41) is 0. The Morgan fingerprint density at radius 2 is 1.10 bits per heavy atom. The molecule has 4 atom stereocenters. The van der Waals surface area contributed by atoms with Gasteiger partial charge in [0.25, 0.3) is 0 Å². The lowest BCUT2D eigenvalue weighted by atomic mass is 9.68. The number of fused-ring (bicyclic) bond motifs is 1. The third kappa shape index (κ3) is 3.12. The summed E-state index contributed by atoms with van der Waals surface area (Å²) in [5.74, 6) is -1.24. The van der Waals surface area contributed by atoms with Crippen molar-refractivity contribution in [1.29, 1.82) is 0 Å². The van der Waals surface area contributed by atoms with Gasteiger partial charge in [0, 0.05) is 11.8 Å². The number of benzene rings is 3. The summed E-state index contributed by atoms with van der Waals surface area (Å²) >= 11 is 0. The molecule has 0 unspecified atom stereocenters. The predicted octanol–water partition coefficient (Wildman–Crippen LogP) is 5.55. The van der Waals surface area contributed by atoms with E-state index in [0.717, 1.165) is 22.3 Å². The zero-order valence-electron chi connectivity index (χ0n) is 17.7. The van der Waals surface area contributed by atoms with Gasteiger partial charge in [0.2, 0.25) is 11.8 Å². The van der Waals surface area contributed by atoms with Crippen molar-refractivity contribution < 1.29 is 9.59 Å². The first kappa shape index (κ1) is 19.5. The first-order chi connectivity index (χ1) is 15.1. The molecule has 3 aromatic carbocycles. The zero-order chi connectivity index (χ0) is 21.5. The molecule has 0 spiro atoms. The van der Waals surface area contributed by atoms with E-state index >= 15 is 0 Å². The van der Waals surface area contributed by atoms with Crippen LogP contribution >= 0.6 is 0 Å². The van der Waals surface area contributed by atoms with Crippen LogP contribution in [0.3, 0.4) is 0 Å². The molecular formula is C28H25NO2. The Labute approximate surface area is 183 Å². The van der Waals surface area contributed by atoms with Gasteiger partial charge in [-0.1, -0.05) is 84.9 Å². The molecule has 0 N–H and O–H groups in total. The monoisotopic (exact) mass is 407 g/mol. The van der Waals surface area contributed by atoms with Crippen molar-refractivity contribution in [3.05, 3.63) is 113 Å². The molecule has 1 aliphatic carbocycles. The molecule has 0 saturated carbocycles. The van der Waals surface area contributed by atoms with Gasteiger partial charge in [-0.15, -0.1) is 0 Å². The fourth-order valence-electron chi connectivity index (χ4n) is 5.15. The van der Waals surface area contributed by atoms with Gasteiger partial charge in [0.1, 0.15) is 0 Å². The molecular weight excluding hydrogens is 382 g/mol. The van der Waals surface area contributed by atoms with Crippen LogP contribution in [0.1, 0.15) is 34.1 Å². The zero-order valence-corrected chi connectivity index (χ0v) is 17.7. The van der Waals surface area contributed by atoms with E-state index in [0.29, 0.717) is 5.69 Å². The molecule has 1 fully saturated rings. The predicted molar refractivity (Wildman–Crippen MR) is 123 cm³/mol. The van der Waals surface area contributed by atoms with Crippen LogP contribution in [0.25, 0.3) is 0 Å². The minimum atomic E-state index is -0.412. The number of imide groups is 1. The number of nitrogens with zero attached hydrogens (tertiary/aromatic N) is 1. The number of carbonyl (C=O) groups excluding carboxylic acids is 2. The molecule has 2 aliphatic rings. The number of carbonyl (C=O) groups is 2. The molecule has 3 aromatic rings. The third-order valence-corrected chi connectivity index (χ3v) is 6.88. The van der Waals surface area contributed by atoms with E-state index < -0.39 is 11.8 Å². The molecule has 1 saturated heterocycles. The number of amides is 2. The lowest BCUT2D eigenvalue weighted by Gasteiger charge is -2.32. The van der Waals surface area contributed by atoms with Crippen LogP contribution in [0.15, 0.2) is 91.0 Å². The highest BCUT2D eigenvalue weighted by molar-refractivity contribution is 6.23. The molecule has 2 amide bonds. The molecule has 154 valence electrons. The Hall–Kier alpha value is -3.46. The van der Waals surface area contributed by atoms with Gasteiger partial charge in [0.05, 0.1) is 17.5 Å². The van der Waals surface area contributed by atoms with Crippen LogP contribution < -0.4 is 4.90 Å². The minimum absolute atomic E-state index is 0.0946. The van der Waals surface area contributed by atoms with Crippen LogP contribution in [0, 0.1) is 25.7 Å². The van der Waals surface area contributed by atoms with Gasteiger partial charge in [-0.3, -0.25) is 9.59 Å². The van der Waals surface area contributed by atoms with Gasteiger partial charge in [-0.2, -0.15) is 0 Å².